The molecule has 0 atom stereocenters. The third kappa shape index (κ3) is 3.12. The molecule has 1 aromatic heterocycles. The minimum Gasteiger partial charge on any atom is -0.459 e. The Morgan fingerprint density at radius 2 is 2.27 bits per heavy atom. The number of ether oxygens (including phenoxy) is 1. The van der Waals surface area contributed by atoms with Gasteiger partial charge in [-0.05, 0) is 19.1 Å². The van der Waals surface area contributed by atoms with Crippen LogP contribution in [0.3, 0.4) is 0 Å². The number of nitrogens with zero attached hydrogens (tertiary/aromatic N) is 1. The second kappa shape index (κ2) is 5.19. The topological polar surface area (TPSA) is 62.4 Å². The molecule has 0 saturated heterocycles. The maximum atomic E-state index is 11.4. The molecule has 1 N–H and O–H groups in total. The summed E-state index contributed by atoms with van der Waals surface area (Å²) in [6, 6.07) is 3.67. The number of nitrogens with one attached hydrogen (secondary N) is 1. The van der Waals surface area contributed by atoms with Crippen LogP contribution in [0.4, 0.5) is 0 Å². The lowest BCUT2D eigenvalue weighted by molar-refractivity contribution is -0.159. The van der Waals surface area contributed by atoms with Gasteiger partial charge >= 0.3 is 11.9 Å². The van der Waals surface area contributed by atoms with E-state index in [2.05, 4.69) is 9.72 Å². The fourth-order valence-electron chi connectivity index (χ4n) is 1.14. The summed E-state index contributed by atoms with van der Waals surface area (Å²) in [5.41, 5.74) is 0.871. The van der Waals surface area contributed by atoms with Crippen LogP contribution in [0.1, 0.15) is 12.6 Å². The van der Waals surface area contributed by atoms with Crippen LogP contribution >= 0.6 is 0 Å². The number of likely N-dealkylation sites (N-methyl/N-ethyl adjacent to an activating group) is 1. The number of aromatic amines is 1. The van der Waals surface area contributed by atoms with Gasteiger partial charge in [0, 0.05) is 18.9 Å². The first-order chi connectivity index (χ1) is 7.15. The Bertz CT molecular complexity index is 332. The van der Waals surface area contributed by atoms with Gasteiger partial charge in [-0.25, -0.2) is 4.79 Å². The Balaban J connectivity index is 2.50. The van der Waals surface area contributed by atoms with Crippen LogP contribution in [0.25, 0.3) is 0 Å². The molecule has 5 heteroatoms. The average molecular weight is 210 g/mol. The standard InChI is InChI=1S/C10H14N2O3/c1-3-15-10(14)9(13)12(2)7-8-5-4-6-11-8/h4-6,11H,3,7H2,1-2H3. The number of aromatic nitrogens is 1. The minimum atomic E-state index is -0.813. The number of carbonyl (C=O) groups is 2. The van der Waals surface area contributed by atoms with Gasteiger partial charge in [-0.15, -0.1) is 0 Å². The molecule has 0 spiro atoms. The molecule has 0 aromatic carbocycles. The second-order valence-corrected chi connectivity index (χ2v) is 3.08. The Kier molecular flexibility index (Phi) is 3.91. The summed E-state index contributed by atoms with van der Waals surface area (Å²) in [5, 5.41) is 0. The zero-order valence-corrected chi connectivity index (χ0v) is 8.82. The fraction of sp³-hybridized carbons (Fsp3) is 0.400. The summed E-state index contributed by atoms with van der Waals surface area (Å²) in [6.45, 7) is 2.24. The summed E-state index contributed by atoms with van der Waals surface area (Å²) in [7, 11) is 1.56. The summed E-state index contributed by atoms with van der Waals surface area (Å²) in [6.07, 6.45) is 1.76. The van der Waals surface area contributed by atoms with Gasteiger partial charge in [0.05, 0.1) is 13.2 Å². The van der Waals surface area contributed by atoms with Crippen molar-refractivity contribution in [2.75, 3.05) is 13.7 Å². The molecule has 0 aliphatic carbocycles. The second-order valence-electron chi connectivity index (χ2n) is 3.08. The normalized spacial score (nSPS) is 9.73. The van der Waals surface area contributed by atoms with Crippen molar-refractivity contribution >= 4 is 11.9 Å². The molecule has 1 rings (SSSR count). The molecule has 0 radical (unpaired) electrons. The SMILES string of the molecule is CCOC(=O)C(=O)N(C)Cc1ccc[nH]1. The Morgan fingerprint density at radius 1 is 1.53 bits per heavy atom. The van der Waals surface area contributed by atoms with Crippen molar-refractivity contribution in [3.05, 3.63) is 24.0 Å². The molecule has 0 aliphatic heterocycles. The van der Waals surface area contributed by atoms with Crippen molar-refractivity contribution in [3.8, 4) is 0 Å². The van der Waals surface area contributed by atoms with E-state index in [1.165, 1.54) is 4.90 Å². The number of carbonyl (C=O) groups excluding carboxylic acids is 2. The van der Waals surface area contributed by atoms with Crippen molar-refractivity contribution in [1.29, 1.82) is 0 Å². The number of rotatable bonds is 3. The quantitative estimate of drug-likeness (QED) is 0.585. The van der Waals surface area contributed by atoms with E-state index in [1.54, 1.807) is 20.2 Å². The summed E-state index contributed by atoms with van der Waals surface area (Å²) < 4.78 is 4.60. The molecular weight excluding hydrogens is 196 g/mol. The van der Waals surface area contributed by atoms with Crippen LogP contribution < -0.4 is 0 Å². The number of amides is 1. The van der Waals surface area contributed by atoms with Crippen LogP contribution in [-0.2, 0) is 20.9 Å². The molecule has 1 aromatic rings. The molecular formula is C10H14N2O3. The van der Waals surface area contributed by atoms with Crippen LogP contribution in [0.15, 0.2) is 18.3 Å². The third-order valence-electron chi connectivity index (χ3n) is 1.87. The molecule has 5 nitrogen and oxygen atoms in total. The van der Waals surface area contributed by atoms with Crippen molar-refractivity contribution in [1.82, 2.24) is 9.88 Å². The fourth-order valence-corrected chi connectivity index (χ4v) is 1.14. The van der Waals surface area contributed by atoms with Gasteiger partial charge in [-0.2, -0.15) is 0 Å². The Labute approximate surface area is 88.0 Å². The molecule has 1 heterocycles. The monoisotopic (exact) mass is 210 g/mol. The highest BCUT2D eigenvalue weighted by Gasteiger charge is 2.19. The maximum Gasteiger partial charge on any atom is 0.397 e. The van der Waals surface area contributed by atoms with Crippen LogP contribution in [0.5, 0.6) is 0 Å². The molecule has 0 saturated carbocycles. The molecule has 0 unspecified atom stereocenters. The highest BCUT2D eigenvalue weighted by atomic mass is 16.5. The van der Waals surface area contributed by atoms with E-state index < -0.39 is 11.9 Å². The van der Waals surface area contributed by atoms with E-state index >= 15 is 0 Å². The molecule has 0 fully saturated rings. The molecule has 1 amide bonds. The lowest BCUT2D eigenvalue weighted by Crippen LogP contribution is -2.34. The molecule has 0 aliphatic rings. The number of esters is 1. The molecule has 15 heavy (non-hydrogen) atoms. The summed E-state index contributed by atoms with van der Waals surface area (Å²) >= 11 is 0. The van der Waals surface area contributed by atoms with Crippen LogP contribution in [0, 0.1) is 0 Å². The van der Waals surface area contributed by atoms with Crippen LogP contribution in [0.2, 0.25) is 0 Å². The van der Waals surface area contributed by atoms with Gasteiger partial charge < -0.3 is 14.6 Å². The zero-order chi connectivity index (χ0) is 11.3. The lowest BCUT2D eigenvalue weighted by Gasteiger charge is -2.14. The highest BCUT2D eigenvalue weighted by Crippen LogP contribution is 2.00. The van der Waals surface area contributed by atoms with Gasteiger partial charge in [0.1, 0.15) is 0 Å². The summed E-state index contributed by atoms with van der Waals surface area (Å²) in [5.74, 6) is -1.45. The van der Waals surface area contributed by atoms with Crippen molar-refractivity contribution < 1.29 is 14.3 Å². The molecule has 0 bridgehead atoms. The first-order valence-electron chi connectivity index (χ1n) is 4.69. The van der Waals surface area contributed by atoms with Gasteiger partial charge in [0.25, 0.3) is 0 Å². The van der Waals surface area contributed by atoms with E-state index in [0.29, 0.717) is 6.54 Å². The number of hydrogen-bond acceptors (Lipinski definition) is 3. The van der Waals surface area contributed by atoms with Crippen molar-refractivity contribution in [2.45, 2.75) is 13.5 Å². The van der Waals surface area contributed by atoms with E-state index in [1.807, 2.05) is 12.1 Å². The maximum absolute atomic E-state index is 11.4. The number of hydrogen-bond donors (Lipinski definition) is 1. The lowest BCUT2D eigenvalue weighted by atomic mass is 10.4. The van der Waals surface area contributed by atoms with Gasteiger partial charge in [-0.3, -0.25) is 4.79 Å². The summed E-state index contributed by atoms with van der Waals surface area (Å²) in [4.78, 5) is 26.7. The van der Waals surface area contributed by atoms with E-state index in [-0.39, 0.29) is 6.61 Å². The van der Waals surface area contributed by atoms with Crippen LogP contribution in [-0.4, -0.2) is 35.4 Å². The van der Waals surface area contributed by atoms with Crippen molar-refractivity contribution in [2.24, 2.45) is 0 Å². The third-order valence-corrected chi connectivity index (χ3v) is 1.87. The van der Waals surface area contributed by atoms with E-state index in [0.717, 1.165) is 5.69 Å². The van der Waals surface area contributed by atoms with Gasteiger partial charge in [0.15, 0.2) is 0 Å². The minimum absolute atomic E-state index is 0.209. The Morgan fingerprint density at radius 3 is 2.80 bits per heavy atom. The highest BCUT2D eigenvalue weighted by molar-refractivity contribution is 6.32. The van der Waals surface area contributed by atoms with Gasteiger partial charge in [-0.1, -0.05) is 0 Å². The predicted octanol–water partition coefficient (Wildman–Crippen LogP) is 0.536. The smallest absolute Gasteiger partial charge is 0.397 e. The van der Waals surface area contributed by atoms with E-state index in [9.17, 15) is 9.59 Å². The Hall–Kier alpha value is -1.78. The average Bonchev–Trinajstić information content (AvgIpc) is 2.69. The predicted molar refractivity (Wildman–Crippen MR) is 53.9 cm³/mol. The first kappa shape index (κ1) is 11.3. The van der Waals surface area contributed by atoms with E-state index in [4.69, 9.17) is 0 Å². The number of H-pyrrole nitrogens is 1. The zero-order valence-electron chi connectivity index (χ0n) is 8.82. The molecule has 82 valence electrons. The first-order valence-corrected chi connectivity index (χ1v) is 4.69. The largest absolute Gasteiger partial charge is 0.459 e. The van der Waals surface area contributed by atoms with Crippen molar-refractivity contribution in [3.63, 3.8) is 0 Å². The van der Waals surface area contributed by atoms with Gasteiger partial charge in [0.2, 0.25) is 0 Å².